The van der Waals surface area contributed by atoms with E-state index in [4.69, 9.17) is 68.0 Å². The Morgan fingerprint density at radius 2 is 1.58 bits per heavy atom. The van der Waals surface area contributed by atoms with Crippen LogP contribution >= 0.6 is 46.6 Å². The van der Waals surface area contributed by atoms with Crippen LogP contribution in [0.25, 0.3) is 0 Å². The SMILES string of the molecule is COC(=O)[C@]1(Sc2ccccc2)C[C@H](OC(C)=O)[C@@H](NC(=O)OCC(Cl)(Cl)Cl)[C@H]([C@H](OC(C)=O)[C@@H](COC(C)=O)OC(C)=O)O1. The number of esters is 5. The molecule has 1 aliphatic rings. The number of hydrogen-bond acceptors (Lipinski definition) is 14. The number of alkyl carbamates (subject to hydrolysis) is 1. The standard InChI is InChI=1S/C27H32Cl3NO13S/c1-14(32)39-12-20(42-16(3)34)22(43-17(4)35)23-21(31-25(37)40-13-27(28,29)30)19(41-15(2)33)11-26(44-23,24(36)38-5)45-18-9-7-6-8-10-18/h6-10,19-23H,11-13H2,1-5H3,(H,31,37)/t19-,20+,21+,22+,23+,26+/m0/s1. The van der Waals surface area contributed by atoms with Crippen molar-refractivity contribution in [3.8, 4) is 0 Å². The van der Waals surface area contributed by atoms with E-state index in [1.165, 1.54) is 0 Å². The lowest BCUT2D eigenvalue weighted by Crippen LogP contribution is -2.68. The third-order valence-corrected chi connectivity index (χ3v) is 7.40. The smallest absolute Gasteiger partial charge is 0.407 e. The highest BCUT2D eigenvalue weighted by molar-refractivity contribution is 8.01. The van der Waals surface area contributed by atoms with Crippen molar-refractivity contribution in [1.29, 1.82) is 0 Å². The van der Waals surface area contributed by atoms with Gasteiger partial charge in [-0.05, 0) is 12.1 Å². The van der Waals surface area contributed by atoms with Gasteiger partial charge in [0.15, 0.2) is 12.2 Å². The number of rotatable bonds is 12. The second kappa shape index (κ2) is 17.1. The number of alkyl halides is 3. The van der Waals surface area contributed by atoms with Crippen LogP contribution in [-0.2, 0) is 57.1 Å². The Morgan fingerprint density at radius 1 is 0.956 bits per heavy atom. The number of nitrogens with one attached hydrogen (secondary N) is 1. The number of hydrogen-bond donors (Lipinski definition) is 1. The second-order valence-corrected chi connectivity index (χ2v) is 13.3. The molecule has 0 saturated carbocycles. The maximum atomic E-state index is 13.5. The molecule has 250 valence electrons. The number of methoxy groups -OCH3 is 1. The lowest BCUT2D eigenvalue weighted by atomic mass is 9.89. The molecule has 1 aromatic carbocycles. The van der Waals surface area contributed by atoms with Crippen LogP contribution in [0.3, 0.4) is 0 Å². The molecule has 0 radical (unpaired) electrons. The third kappa shape index (κ3) is 12.4. The van der Waals surface area contributed by atoms with Crippen LogP contribution in [0.4, 0.5) is 4.79 Å². The minimum absolute atomic E-state index is 0.417. The molecular weight excluding hydrogens is 685 g/mol. The fraction of sp³-hybridized carbons (Fsp3) is 0.556. The number of ether oxygens (including phenoxy) is 7. The second-order valence-electron chi connectivity index (χ2n) is 9.48. The molecule has 45 heavy (non-hydrogen) atoms. The van der Waals surface area contributed by atoms with Crippen LogP contribution in [0.5, 0.6) is 0 Å². The molecule has 18 heteroatoms. The highest BCUT2D eigenvalue weighted by Gasteiger charge is 2.59. The first-order chi connectivity index (χ1) is 21.0. The molecule has 0 unspecified atom stereocenters. The van der Waals surface area contributed by atoms with E-state index in [1.807, 2.05) is 0 Å². The number of benzene rings is 1. The van der Waals surface area contributed by atoms with Gasteiger partial charge in [-0.25, -0.2) is 9.59 Å². The molecule has 1 heterocycles. The molecule has 6 atom stereocenters. The summed E-state index contributed by atoms with van der Waals surface area (Å²) in [5.74, 6) is -4.34. The highest BCUT2D eigenvalue weighted by Crippen LogP contribution is 2.46. The molecule has 1 amide bonds. The Morgan fingerprint density at radius 3 is 2.09 bits per heavy atom. The van der Waals surface area contributed by atoms with Gasteiger partial charge in [0.25, 0.3) is 0 Å². The van der Waals surface area contributed by atoms with E-state index < -0.39 is 94.8 Å². The summed E-state index contributed by atoms with van der Waals surface area (Å²) in [5, 5.41) is 2.44. The number of carbonyl (C=O) groups is 6. The Labute approximate surface area is 277 Å². The van der Waals surface area contributed by atoms with E-state index in [1.54, 1.807) is 30.3 Å². The number of halogens is 3. The lowest BCUT2D eigenvalue weighted by molar-refractivity contribution is -0.223. The summed E-state index contributed by atoms with van der Waals surface area (Å²) in [6.07, 6.45) is -7.95. The summed E-state index contributed by atoms with van der Waals surface area (Å²) in [5.41, 5.74) is 0. The average molecular weight is 717 g/mol. The van der Waals surface area contributed by atoms with E-state index >= 15 is 0 Å². The first-order valence-corrected chi connectivity index (χ1v) is 15.1. The molecule has 0 bridgehead atoms. The van der Waals surface area contributed by atoms with Gasteiger partial charge in [-0.3, -0.25) is 19.2 Å². The first-order valence-electron chi connectivity index (χ1n) is 13.1. The monoisotopic (exact) mass is 715 g/mol. The summed E-state index contributed by atoms with van der Waals surface area (Å²) in [6.45, 7) is 2.89. The van der Waals surface area contributed by atoms with Crippen molar-refractivity contribution in [2.75, 3.05) is 20.3 Å². The Bertz CT molecular complexity index is 1230. The molecule has 14 nitrogen and oxygen atoms in total. The van der Waals surface area contributed by atoms with Gasteiger partial charge in [0, 0.05) is 39.0 Å². The van der Waals surface area contributed by atoms with Crippen LogP contribution < -0.4 is 5.32 Å². The van der Waals surface area contributed by atoms with Crippen molar-refractivity contribution in [2.45, 2.75) is 78.2 Å². The molecule has 1 fully saturated rings. The van der Waals surface area contributed by atoms with E-state index in [0.717, 1.165) is 46.6 Å². The molecule has 0 spiro atoms. The molecule has 1 aliphatic heterocycles. The molecule has 2 rings (SSSR count). The summed E-state index contributed by atoms with van der Waals surface area (Å²) in [4.78, 5) is 73.5. The van der Waals surface area contributed by atoms with Crippen LogP contribution in [0, 0.1) is 0 Å². The summed E-state index contributed by atoms with van der Waals surface area (Å²) >= 11 is 18.0. The summed E-state index contributed by atoms with van der Waals surface area (Å²) in [7, 11) is 1.10. The van der Waals surface area contributed by atoms with Crippen LogP contribution in [0.15, 0.2) is 35.2 Å². The molecule has 1 aromatic rings. The lowest BCUT2D eigenvalue weighted by Gasteiger charge is -2.48. The highest BCUT2D eigenvalue weighted by atomic mass is 35.6. The first kappa shape index (κ1) is 38.2. The summed E-state index contributed by atoms with van der Waals surface area (Å²) in [6, 6.07) is 6.97. The number of thioether (sulfide) groups is 1. The molecule has 0 aliphatic carbocycles. The fourth-order valence-corrected chi connectivity index (χ4v) is 5.68. The number of carbonyl (C=O) groups excluding carboxylic acids is 6. The molecular formula is C27H32Cl3NO13S. The van der Waals surface area contributed by atoms with E-state index in [9.17, 15) is 28.8 Å². The van der Waals surface area contributed by atoms with E-state index in [2.05, 4.69) is 5.32 Å². The van der Waals surface area contributed by atoms with Crippen molar-refractivity contribution in [2.24, 2.45) is 0 Å². The van der Waals surface area contributed by atoms with Crippen molar-refractivity contribution < 1.29 is 61.9 Å². The van der Waals surface area contributed by atoms with Crippen molar-refractivity contribution in [3.05, 3.63) is 30.3 Å². The summed E-state index contributed by atoms with van der Waals surface area (Å²) < 4.78 is 36.0. The van der Waals surface area contributed by atoms with E-state index in [0.29, 0.717) is 4.90 Å². The Kier molecular flexibility index (Phi) is 14.5. The van der Waals surface area contributed by atoms with Gasteiger partial charge in [0.1, 0.15) is 25.4 Å². The fourth-order valence-electron chi connectivity index (χ4n) is 4.27. The van der Waals surface area contributed by atoms with Gasteiger partial charge in [0.05, 0.1) is 13.2 Å². The third-order valence-electron chi connectivity index (χ3n) is 5.80. The van der Waals surface area contributed by atoms with Crippen molar-refractivity contribution in [1.82, 2.24) is 5.32 Å². The van der Waals surface area contributed by atoms with Gasteiger partial charge in [-0.15, -0.1) is 0 Å². The van der Waals surface area contributed by atoms with Gasteiger partial charge in [-0.2, -0.15) is 0 Å². The van der Waals surface area contributed by atoms with Gasteiger partial charge in [-0.1, -0.05) is 64.8 Å². The predicted octanol–water partition coefficient (Wildman–Crippen LogP) is 3.26. The minimum Gasteiger partial charge on any atom is -0.466 e. The van der Waals surface area contributed by atoms with Gasteiger partial charge < -0.3 is 38.5 Å². The number of amides is 1. The topological polar surface area (TPSA) is 179 Å². The van der Waals surface area contributed by atoms with Gasteiger partial charge >= 0.3 is 35.9 Å². The maximum absolute atomic E-state index is 13.5. The molecule has 0 aromatic heterocycles. The Balaban J connectivity index is 2.78. The predicted molar refractivity (Wildman–Crippen MR) is 158 cm³/mol. The maximum Gasteiger partial charge on any atom is 0.407 e. The average Bonchev–Trinajstić information content (AvgIpc) is 2.93. The van der Waals surface area contributed by atoms with E-state index in [-0.39, 0.29) is 0 Å². The van der Waals surface area contributed by atoms with Crippen LogP contribution in [0.2, 0.25) is 0 Å². The van der Waals surface area contributed by atoms with Gasteiger partial charge in [0.2, 0.25) is 8.73 Å². The zero-order chi connectivity index (χ0) is 33.9. The van der Waals surface area contributed by atoms with Crippen molar-refractivity contribution in [3.63, 3.8) is 0 Å². The largest absolute Gasteiger partial charge is 0.466 e. The zero-order valence-corrected chi connectivity index (χ0v) is 27.8. The normalized spacial score (nSPS) is 22.5. The minimum atomic E-state index is -2.01. The van der Waals surface area contributed by atoms with Crippen molar-refractivity contribution >= 4 is 82.5 Å². The molecule has 1 saturated heterocycles. The zero-order valence-electron chi connectivity index (χ0n) is 24.7. The quantitative estimate of drug-likeness (QED) is 0.189. The molecule has 1 N–H and O–H groups in total. The van der Waals surface area contributed by atoms with Crippen LogP contribution in [-0.4, -0.2) is 95.4 Å². The Hall–Kier alpha value is -2.98. The van der Waals surface area contributed by atoms with Crippen LogP contribution in [0.1, 0.15) is 34.1 Å².